The first-order valence-electron chi connectivity index (χ1n) is 6.30. The van der Waals surface area contributed by atoms with Crippen molar-refractivity contribution in [2.45, 2.75) is 13.8 Å². The highest BCUT2D eigenvalue weighted by Gasteiger charge is 2.15. The molecule has 100 valence electrons. The number of carbonyl (C=O) groups excluding carboxylic acids is 1. The Labute approximate surface area is 125 Å². The van der Waals surface area contributed by atoms with Gasteiger partial charge in [-0.2, -0.15) is 0 Å². The second-order valence-corrected chi connectivity index (χ2v) is 5.78. The first-order valence-corrected chi connectivity index (χ1v) is 7.10. The van der Waals surface area contributed by atoms with Crippen LogP contribution in [0.2, 0.25) is 0 Å². The zero-order valence-electron chi connectivity index (χ0n) is 11.2. The number of aldehydes is 1. The van der Waals surface area contributed by atoms with E-state index in [1.807, 2.05) is 54.8 Å². The summed E-state index contributed by atoms with van der Waals surface area (Å²) in [5.74, 6) is 0. The van der Waals surface area contributed by atoms with Gasteiger partial charge >= 0.3 is 0 Å². The van der Waals surface area contributed by atoms with Crippen LogP contribution in [0.25, 0.3) is 16.9 Å². The fraction of sp³-hybridized carbons (Fsp3) is 0.125. The molecule has 0 atom stereocenters. The van der Waals surface area contributed by atoms with Gasteiger partial charge in [-0.05, 0) is 41.4 Å². The maximum absolute atomic E-state index is 11.5. The van der Waals surface area contributed by atoms with Crippen LogP contribution in [0.3, 0.4) is 0 Å². The van der Waals surface area contributed by atoms with Crippen LogP contribution < -0.4 is 0 Å². The Morgan fingerprint density at radius 2 is 1.90 bits per heavy atom. The molecule has 4 heteroatoms. The van der Waals surface area contributed by atoms with Crippen molar-refractivity contribution in [3.8, 4) is 11.3 Å². The highest BCUT2D eigenvalue weighted by molar-refractivity contribution is 9.10. The van der Waals surface area contributed by atoms with Gasteiger partial charge in [0.25, 0.3) is 0 Å². The van der Waals surface area contributed by atoms with Crippen molar-refractivity contribution in [3.63, 3.8) is 0 Å². The second-order valence-electron chi connectivity index (χ2n) is 4.86. The lowest BCUT2D eigenvalue weighted by Crippen LogP contribution is -1.93. The SMILES string of the molecule is Cc1ccc(-c2nc3c(C)cc(Br)cn3c2C=O)cc1. The van der Waals surface area contributed by atoms with E-state index in [1.54, 1.807) is 0 Å². The largest absolute Gasteiger partial charge is 0.296 e. The van der Waals surface area contributed by atoms with Crippen molar-refractivity contribution in [3.05, 3.63) is 57.8 Å². The number of halogens is 1. The van der Waals surface area contributed by atoms with E-state index in [-0.39, 0.29) is 0 Å². The number of fused-ring (bicyclic) bond motifs is 1. The van der Waals surface area contributed by atoms with Crippen molar-refractivity contribution in [1.29, 1.82) is 0 Å². The van der Waals surface area contributed by atoms with Gasteiger partial charge in [-0.15, -0.1) is 0 Å². The molecule has 20 heavy (non-hydrogen) atoms. The summed E-state index contributed by atoms with van der Waals surface area (Å²) in [5.41, 5.74) is 5.28. The molecule has 1 aromatic carbocycles. The number of rotatable bonds is 2. The standard InChI is InChI=1S/C16H13BrN2O/c1-10-3-5-12(6-4-10)15-14(9-20)19-8-13(17)7-11(2)16(19)18-15/h3-9H,1-2H3. The van der Waals surface area contributed by atoms with Crippen molar-refractivity contribution >= 4 is 27.9 Å². The summed E-state index contributed by atoms with van der Waals surface area (Å²) < 4.78 is 2.76. The average molecular weight is 329 g/mol. The van der Waals surface area contributed by atoms with Gasteiger partial charge in [-0.25, -0.2) is 4.98 Å². The Balaban J connectivity index is 2.33. The van der Waals surface area contributed by atoms with Crippen LogP contribution in [0.5, 0.6) is 0 Å². The molecule has 0 aliphatic carbocycles. The number of carbonyl (C=O) groups is 1. The van der Waals surface area contributed by atoms with Gasteiger partial charge in [0.15, 0.2) is 6.29 Å². The normalized spacial score (nSPS) is 10.9. The molecule has 3 rings (SSSR count). The summed E-state index contributed by atoms with van der Waals surface area (Å²) in [6.07, 6.45) is 2.73. The first-order chi connectivity index (χ1) is 9.60. The van der Waals surface area contributed by atoms with Crippen molar-refractivity contribution in [2.75, 3.05) is 0 Å². The molecule has 0 amide bonds. The summed E-state index contributed by atoms with van der Waals surface area (Å²) in [6, 6.07) is 10.0. The van der Waals surface area contributed by atoms with Crippen LogP contribution in [0.15, 0.2) is 41.0 Å². The van der Waals surface area contributed by atoms with E-state index in [0.717, 1.165) is 33.2 Å². The van der Waals surface area contributed by atoms with Gasteiger partial charge in [0, 0.05) is 16.2 Å². The van der Waals surface area contributed by atoms with Crippen molar-refractivity contribution in [1.82, 2.24) is 9.38 Å². The number of nitrogens with zero attached hydrogens (tertiary/aromatic N) is 2. The molecule has 0 unspecified atom stereocenters. The molecule has 2 aromatic heterocycles. The van der Waals surface area contributed by atoms with Crippen LogP contribution in [0, 0.1) is 13.8 Å². The van der Waals surface area contributed by atoms with Crippen LogP contribution in [-0.2, 0) is 0 Å². The Morgan fingerprint density at radius 3 is 2.55 bits per heavy atom. The monoisotopic (exact) mass is 328 g/mol. The van der Waals surface area contributed by atoms with E-state index in [9.17, 15) is 4.79 Å². The summed E-state index contributed by atoms with van der Waals surface area (Å²) in [4.78, 5) is 16.1. The van der Waals surface area contributed by atoms with E-state index in [1.165, 1.54) is 5.56 Å². The Hall–Kier alpha value is -1.94. The average Bonchev–Trinajstić information content (AvgIpc) is 2.78. The van der Waals surface area contributed by atoms with Gasteiger partial charge in [0.05, 0.1) is 0 Å². The van der Waals surface area contributed by atoms with Gasteiger partial charge in [0.1, 0.15) is 17.0 Å². The van der Waals surface area contributed by atoms with Gasteiger partial charge in [-0.1, -0.05) is 29.8 Å². The predicted octanol–water partition coefficient (Wildman–Crippen LogP) is 4.19. The molecule has 0 radical (unpaired) electrons. The van der Waals surface area contributed by atoms with Crippen molar-refractivity contribution < 1.29 is 4.79 Å². The minimum absolute atomic E-state index is 0.577. The van der Waals surface area contributed by atoms with E-state index >= 15 is 0 Å². The summed E-state index contributed by atoms with van der Waals surface area (Å²) in [5, 5.41) is 0. The molecule has 3 aromatic rings. The maximum Gasteiger partial charge on any atom is 0.169 e. The lowest BCUT2D eigenvalue weighted by atomic mass is 10.1. The predicted molar refractivity (Wildman–Crippen MR) is 83.2 cm³/mol. The lowest BCUT2D eigenvalue weighted by molar-refractivity contribution is 0.111. The van der Waals surface area contributed by atoms with E-state index in [0.29, 0.717) is 5.69 Å². The Kier molecular flexibility index (Phi) is 3.18. The number of benzene rings is 1. The maximum atomic E-state index is 11.5. The van der Waals surface area contributed by atoms with Gasteiger partial charge in [-0.3, -0.25) is 9.20 Å². The number of hydrogen-bond donors (Lipinski definition) is 0. The van der Waals surface area contributed by atoms with Crippen LogP contribution in [0.1, 0.15) is 21.6 Å². The lowest BCUT2D eigenvalue weighted by Gasteiger charge is -2.01. The highest BCUT2D eigenvalue weighted by atomic mass is 79.9. The highest BCUT2D eigenvalue weighted by Crippen LogP contribution is 2.26. The fourth-order valence-electron chi connectivity index (χ4n) is 2.32. The molecule has 0 bridgehead atoms. The van der Waals surface area contributed by atoms with Gasteiger partial charge in [0.2, 0.25) is 0 Å². The number of pyridine rings is 1. The third-order valence-electron chi connectivity index (χ3n) is 3.34. The first kappa shape index (κ1) is 13.1. The summed E-state index contributed by atoms with van der Waals surface area (Å²) in [6.45, 7) is 4.02. The van der Waals surface area contributed by atoms with Crippen LogP contribution in [-0.4, -0.2) is 15.7 Å². The zero-order chi connectivity index (χ0) is 14.3. The number of hydrogen-bond acceptors (Lipinski definition) is 2. The third kappa shape index (κ3) is 2.06. The molecular weight excluding hydrogens is 316 g/mol. The molecule has 0 N–H and O–H groups in total. The van der Waals surface area contributed by atoms with Crippen LogP contribution >= 0.6 is 15.9 Å². The molecular formula is C16H13BrN2O. The molecule has 0 spiro atoms. The molecule has 0 saturated carbocycles. The number of aromatic nitrogens is 2. The fourth-order valence-corrected chi connectivity index (χ4v) is 2.87. The number of imidazole rings is 1. The van der Waals surface area contributed by atoms with Crippen LogP contribution in [0.4, 0.5) is 0 Å². The number of aryl methyl sites for hydroxylation is 2. The Bertz CT molecular complexity index is 803. The zero-order valence-corrected chi connectivity index (χ0v) is 12.8. The molecule has 0 fully saturated rings. The minimum atomic E-state index is 0.577. The van der Waals surface area contributed by atoms with E-state index in [2.05, 4.69) is 20.9 Å². The second kappa shape index (κ2) is 4.87. The molecule has 3 nitrogen and oxygen atoms in total. The van der Waals surface area contributed by atoms with E-state index < -0.39 is 0 Å². The van der Waals surface area contributed by atoms with Crippen molar-refractivity contribution in [2.24, 2.45) is 0 Å². The summed E-state index contributed by atoms with van der Waals surface area (Å²) in [7, 11) is 0. The van der Waals surface area contributed by atoms with E-state index in [4.69, 9.17) is 0 Å². The molecule has 0 saturated heterocycles. The Morgan fingerprint density at radius 1 is 1.20 bits per heavy atom. The molecule has 0 aliphatic rings. The smallest absolute Gasteiger partial charge is 0.169 e. The minimum Gasteiger partial charge on any atom is -0.296 e. The molecule has 2 heterocycles. The van der Waals surface area contributed by atoms with Gasteiger partial charge < -0.3 is 0 Å². The molecule has 0 aliphatic heterocycles. The summed E-state index contributed by atoms with van der Waals surface area (Å²) >= 11 is 3.46. The quantitative estimate of drug-likeness (QED) is 0.661. The topological polar surface area (TPSA) is 34.4 Å². The third-order valence-corrected chi connectivity index (χ3v) is 3.78.